The molecule has 0 radical (unpaired) electrons. The van der Waals surface area contributed by atoms with Gasteiger partial charge in [0.2, 0.25) is 11.8 Å². The molecule has 2 heterocycles. The maximum absolute atomic E-state index is 12.8. The molecule has 1 aliphatic rings. The molecule has 1 aromatic rings. The minimum absolute atomic E-state index is 0.0146. The molecule has 0 spiro atoms. The number of nitrogens with zero attached hydrogens (tertiary/aromatic N) is 1. The quantitative estimate of drug-likeness (QED) is 0.799. The molecule has 2 rings (SSSR count). The van der Waals surface area contributed by atoms with Gasteiger partial charge in [-0.25, -0.2) is 0 Å². The van der Waals surface area contributed by atoms with E-state index in [1.54, 1.807) is 11.3 Å². The van der Waals surface area contributed by atoms with Gasteiger partial charge in [0, 0.05) is 18.0 Å². The van der Waals surface area contributed by atoms with Gasteiger partial charge in [0.15, 0.2) is 0 Å². The SMILES string of the molecule is CCCC(N)C(=O)NC(CCC)C(=O)N1CCc2sccc2C1. The summed E-state index contributed by atoms with van der Waals surface area (Å²) in [6, 6.07) is 1.09. The third kappa shape index (κ3) is 4.54. The predicted molar refractivity (Wildman–Crippen MR) is 93.2 cm³/mol. The average molecular weight is 337 g/mol. The van der Waals surface area contributed by atoms with Crippen molar-refractivity contribution in [3.05, 3.63) is 21.9 Å². The molecule has 0 aliphatic carbocycles. The molecule has 23 heavy (non-hydrogen) atoms. The first-order chi connectivity index (χ1) is 11.1. The van der Waals surface area contributed by atoms with E-state index in [1.807, 2.05) is 18.7 Å². The lowest BCUT2D eigenvalue weighted by Crippen LogP contribution is -2.53. The molecule has 2 atom stereocenters. The van der Waals surface area contributed by atoms with Gasteiger partial charge in [0.25, 0.3) is 0 Å². The fourth-order valence-corrected chi connectivity index (χ4v) is 3.81. The summed E-state index contributed by atoms with van der Waals surface area (Å²) in [4.78, 5) is 28.2. The van der Waals surface area contributed by atoms with Crippen LogP contribution >= 0.6 is 11.3 Å². The minimum Gasteiger partial charge on any atom is -0.343 e. The van der Waals surface area contributed by atoms with Crippen LogP contribution in [0.15, 0.2) is 11.4 Å². The van der Waals surface area contributed by atoms with Crippen molar-refractivity contribution in [1.29, 1.82) is 0 Å². The van der Waals surface area contributed by atoms with Crippen LogP contribution in [0.5, 0.6) is 0 Å². The number of carbonyl (C=O) groups is 2. The molecular formula is C17H27N3O2S. The summed E-state index contributed by atoms with van der Waals surface area (Å²) in [7, 11) is 0. The van der Waals surface area contributed by atoms with Gasteiger partial charge in [-0.15, -0.1) is 11.3 Å². The van der Waals surface area contributed by atoms with E-state index in [-0.39, 0.29) is 11.8 Å². The van der Waals surface area contributed by atoms with Crippen molar-refractivity contribution in [2.45, 2.75) is 64.6 Å². The van der Waals surface area contributed by atoms with Crippen LogP contribution in [0, 0.1) is 0 Å². The first-order valence-electron chi connectivity index (χ1n) is 8.46. The maximum Gasteiger partial charge on any atom is 0.245 e. The van der Waals surface area contributed by atoms with Crippen LogP contribution in [-0.4, -0.2) is 35.3 Å². The van der Waals surface area contributed by atoms with Crippen molar-refractivity contribution in [3.63, 3.8) is 0 Å². The standard InChI is InChI=1S/C17H27N3O2S/c1-3-5-13(18)16(21)19-14(6-4-2)17(22)20-9-7-15-12(11-20)8-10-23-15/h8,10,13-14H,3-7,9,11,18H2,1-2H3,(H,19,21). The Balaban J connectivity index is 2.00. The molecule has 2 unspecified atom stereocenters. The first kappa shape index (κ1) is 17.9. The number of nitrogens with one attached hydrogen (secondary N) is 1. The van der Waals surface area contributed by atoms with E-state index < -0.39 is 12.1 Å². The van der Waals surface area contributed by atoms with Crippen LogP contribution in [0.2, 0.25) is 0 Å². The largest absolute Gasteiger partial charge is 0.343 e. The number of nitrogens with two attached hydrogens (primary N) is 1. The van der Waals surface area contributed by atoms with Crippen molar-refractivity contribution in [2.75, 3.05) is 6.54 Å². The highest BCUT2D eigenvalue weighted by molar-refractivity contribution is 7.10. The number of rotatable bonds is 7. The lowest BCUT2D eigenvalue weighted by atomic mass is 10.1. The van der Waals surface area contributed by atoms with Gasteiger partial charge < -0.3 is 16.0 Å². The number of hydrogen-bond donors (Lipinski definition) is 2. The fraction of sp³-hybridized carbons (Fsp3) is 0.647. The molecule has 128 valence electrons. The Kier molecular flexibility index (Phi) is 6.59. The van der Waals surface area contributed by atoms with Gasteiger partial charge in [-0.05, 0) is 36.3 Å². The van der Waals surface area contributed by atoms with Crippen LogP contribution in [0.1, 0.15) is 50.0 Å². The molecule has 6 heteroatoms. The number of fused-ring (bicyclic) bond motifs is 1. The highest BCUT2D eigenvalue weighted by Crippen LogP contribution is 2.24. The predicted octanol–water partition coefficient (Wildman–Crippen LogP) is 2.05. The van der Waals surface area contributed by atoms with Crippen LogP contribution in [0.4, 0.5) is 0 Å². The van der Waals surface area contributed by atoms with Gasteiger partial charge in [0.1, 0.15) is 6.04 Å². The smallest absolute Gasteiger partial charge is 0.245 e. The Morgan fingerprint density at radius 2 is 2.09 bits per heavy atom. The molecule has 5 nitrogen and oxygen atoms in total. The summed E-state index contributed by atoms with van der Waals surface area (Å²) in [5.74, 6) is -0.201. The maximum atomic E-state index is 12.8. The molecule has 0 bridgehead atoms. The van der Waals surface area contributed by atoms with E-state index in [2.05, 4.69) is 16.8 Å². The van der Waals surface area contributed by atoms with Gasteiger partial charge in [-0.2, -0.15) is 0 Å². The zero-order valence-electron chi connectivity index (χ0n) is 14.0. The normalized spacial score (nSPS) is 16.6. The van der Waals surface area contributed by atoms with Gasteiger partial charge >= 0.3 is 0 Å². The molecule has 0 aromatic carbocycles. The molecule has 1 aliphatic heterocycles. The van der Waals surface area contributed by atoms with Crippen LogP contribution in [0.3, 0.4) is 0 Å². The van der Waals surface area contributed by atoms with Gasteiger partial charge in [0.05, 0.1) is 6.04 Å². The molecule has 3 N–H and O–H groups in total. The lowest BCUT2D eigenvalue weighted by Gasteiger charge is -2.31. The summed E-state index contributed by atoms with van der Waals surface area (Å²) < 4.78 is 0. The van der Waals surface area contributed by atoms with Crippen molar-refractivity contribution in [1.82, 2.24) is 10.2 Å². The number of thiophene rings is 1. The Morgan fingerprint density at radius 1 is 1.35 bits per heavy atom. The molecule has 0 saturated heterocycles. The second-order valence-corrected chi connectivity index (χ2v) is 7.12. The van der Waals surface area contributed by atoms with Gasteiger partial charge in [-0.3, -0.25) is 9.59 Å². The third-order valence-corrected chi connectivity index (χ3v) is 5.27. The third-order valence-electron chi connectivity index (χ3n) is 4.25. The topological polar surface area (TPSA) is 75.4 Å². The van der Waals surface area contributed by atoms with Crippen LogP contribution in [0.25, 0.3) is 0 Å². The summed E-state index contributed by atoms with van der Waals surface area (Å²) in [6.07, 6.45) is 3.89. The van der Waals surface area contributed by atoms with E-state index in [4.69, 9.17) is 5.73 Å². The minimum atomic E-state index is -0.531. The molecule has 1 aromatic heterocycles. The molecule has 0 saturated carbocycles. The molecule has 2 amide bonds. The van der Waals surface area contributed by atoms with Crippen molar-refractivity contribution < 1.29 is 9.59 Å². The fourth-order valence-electron chi connectivity index (χ4n) is 2.92. The van der Waals surface area contributed by atoms with E-state index in [1.165, 1.54) is 10.4 Å². The average Bonchev–Trinajstić information content (AvgIpc) is 3.01. The van der Waals surface area contributed by atoms with E-state index >= 15 is 0 Å². The first-order valence-corrected chi connectivity index (χ1v) is 9.34. The lowest BCUT2D eigenvalue weighted by molar-refractivity contribution is -0.137. The second-order valence-electron chi connectivity index (χ2n) is 6.12. The second kappa shape index (κ2) is 8.45. The summed E-state index contributed by atoms with van der Waals surface area (Å²) in [6.45, 7) is 5.39. The summed E-state index contributed by atoms with van der Waals surface area (Å²) in [5, 5.41) is 4.94. The van der Waals surface area contributed by atoms with Crippen molar-refractivity contribution >= 4 is 23.2 Å². The monoisotopic (exact) mass is 337 g/mol. The zero-order chi connectivity index (χ0) is 16.8. The Labute approximate surface area is 142 Å². The summed E-state index contributed by atoms with van der Waals surface area (Å²) >= 11 is 1.75. The van der Waals surface area contributed by atoms with Crippen molar-refractivity contribution in [3.8, 4) is 0 Å². The van der Waals surface area contributed by atoms with E-state index in [9.17, 15) is 9.59 Å². The van der Waals surface area contributed by atoms with Crippen molar-refractivity contribution in [2.24, 2.45) is 5.73 Å². The molecule has 0 fully saturated rings. The van der Waals surface area contributed by atoms with Crippen LogP contribution < -0.4 is 11.1 Å². The number of amides is 2. The Morgan fingerprint density at radius 3 is 2.78 bits per heavy atom. The van der Waals surface area contributed by atoms with Gasteiger partial charge in [-0.1, -0.05) is 26.7 Å². The highest BCUT2D eigenvalue weighted by atomic mass is 32.1. The number of carbonyl (C=O) groups excluding carboxylic acids is 2. The molecular weight excluding hydrogens is 310 g/mol. The van der Waals surface area contributed by atoms with E-state index in [0.29, 0.717) is 19.4 Å². The Hall–Kier alpha value is -1.40. The zero-order valence-corrected chi connectivity index (χ0v) is 14.8. The van der Waals surface area contributed by atoms with Crippen LogP contribution in [-0.2, 0) is 22.6 Å². The summed E-state index contributed by atoms with van der Waals surface area (Å²) in [5.41, 5.74) is 7.10. The Bertz CT molecular complexity index is 544. The highest BCUT2D eigenvalue weighted by Gasteiger charge is 2.29. The number of hydrogen-bond acceptors (Lipinski definition) is 4. The van der Waals surface area contributed by atoms with E-state index in [0.717, 1.165) is 25.8 Å².